The Morgan fingerprint density at radius 2 is 1.97 bits per heavy atom. The summed E-state index contributed by atoms with van der Waals surface area (Å²) in [6.07, 6.45) is 5.11. The lowest BCUT2D eigenvalue weighted by Crippen LogP contribution is -2.45. The molecule has 0 aromatic heterocycles. The van der Waals surface area contributed by atoms with E-state index in [9.17, 15) is 4.79 Å². The minimum absolute atomic E-state index is 0.0605. The van der Waals surface area contributed by atoms with Crippen LogP contribution in [0, 0.1) is 6.92 Å². The summed E-state index contributed by atoms with van der Waals surface area (Å²) in [5.41, 5.74) is 6.12. The lowest BCUT2D eigenvalue weighted by atomic mass is 9.88. The molecule has 0 bridgehead atoms. The number of aliphatic imine (C=N–C) groups is 1. The first-order valence-corrected chi connectivity index (χ1v) is 10.2. The van der Waals surface area contributed by atoms with Crippen LogP contribution in [0.2, 0.25) is 5.02 Å². The van der Waals surface area contributed by atoms with Crippen LogP contribution in [0.1, 0.15) is 61.2 Å². The van der Waals surface area contributed by atoms with Crippen LogP contribution in [0.4, 0.5) is 11.4 Å². The van der Waals surface area contributed by atoms with Gasteiger partial charge in [0.15, 0.2) is 0 Å². The van der Waals surface area contributed by atoms with Gasteiger partial charge in [-0.15, -0.1) is 0 Å². The maximum atomic E-state index is 11.1. The maximum absolute atomic E-state index is 11.1. The number of benzene rings is 2. The van der Waals surface area contributed by atoms with Crippen LogP contribution in [0.5, 0.6) is 0 Å². The lowest BCUT2D eigenvalue weighted by molar-refractivity contribution is 0.0697. The lowest BCUT2D eigenvalue weighted by Gasteiger charge is -2.43. The van der Waals surface area contributed by atoms with E-state index < -0.39 is 5.97 Å². The Morgan fingerprint density at radius 3 is 2.59 bits per heavy atom. The Balaban J connectivity index is 2.00. The summed E-state index contributed by atoms with van der Waals surface area (Å²) >= 11 is 6.63. The molecule has 3 rings (SSSR count). The first-order valence-electron chi connectivity index (χ1n) is 9.83. The number of fused-ring (bicyclic) bond motifs is 1. The Morgan fingerprint density at radius 1 is 1.24 bits per heavy atom. The number of carbonyl (C=O) groups is 1. The third-order valence-electron chi connectivity index (χ3n) is 5.33. The van der Waals surface area contributed by atoms with Crippen molar-refractivity contribution in [3.63, 3.8) is 0 Å². The van der Waals surface area contributed by atoms with Gasteiger partial charge in [0, 0.05) is 29.6 Å². The van der Waals surface area contributed by atoms with Crippen LogP contribution in [-0.4, -0.2) is 29.4 Å². The number of halogens is 1. The zero-order chi connectivity index (χ0) is 21.3. The van der Waals surface area contributed by atoms with Crippen LogP contribution in [0.15, 0.2) is 41.4 Å². The second-order valence-electron chi connectivity index (χ2n) is 8.09. The number of carboxylic acid groups (broad SMARTS) is 1. The van der Waals surface area contributed by atoms with E-state index in [4.69, 9.17) is 16.7 Å². The summed E-state index contributed by atoms with van der Waals surface area (Å²) < 4.78 is 0. The molecule has 4 nitrogen and oxygen atoms in total. The number of nitrogens with zero attached hydrogens (tertiary/aromatic N) is 2. The predicted molar refractivity (Wildman–Crippen MR) is 122 cm³/mol. The molecule has 0 amide bonds. The van der Waals surface area contributed by atoms with Gasteiger partial charge in [-0.2, -0.15) is 0 Å². The number of anilines is 1. The van der Waals surface area contributed by atoms with E-state index in [1.54, 1.807) is 24.4 Å². The Bertz CT molecular complexity index is 1020. The highest BCUT2D eigenvalue weighted by molar-refractivity contribution is 6.33. The van der Waals surface area contributed by atoms with Crippen molar-refractivity contribution in [1.29, 1.82) is 0 Å². The van der Waals surface area contributed by atoms with E-state index >= 15 is 0 Å². The minimum Gasteiger partial charge on any atom is -0.478 e. The molecule has 0 unspecified atom stereocenters. The summed E-state index contributed by atoms with van der Waals surface area (Å²) in [5.74, 6) is -0.941. The number of carboxylic acids is 1. The minimum atomic E-state index is -0.941. The van der Waals surface area contributed by atoms with E-state index in [-0.39, 0.29) is 11.1 Å². The maximum Gasteiger partial charge on any atom is 0.335 e. The molecule has 152 valence electrons. The summed E-state index contributed by atoms with van der Waals surface area (Å²) in [7, 11) is 0. The summed E-state index contributed by atoms with van der Waals surface area (Å²) in [4.78, 5) is 18.1. The first kappa shape index (κ1) is 21.1. The van der Waals surface area contributed by atoms with Crippen molar-refractivity contribution >= 4 is 40.7 Å². The molecule has 1 N–H and O–H groups in total. The molecule has 0 aliphatic carbocycles. The smallest absolute Gasteiger partial charge is 0.335 e. The van der Waals surface area contributed by atoms with E-state index in [1.165, 1.54) is 11.1 Å². The third kappa shape index (κ3) is 4.23. The second-order valence-corrected chi connectivity index (χ2v) is 8.50. The fourth-order valence-electron chi connectivity index (χ4n) is 3.92. The summed E-state index contributed by atoms with van der Waals surface area (Å²) in [6.45, 7) is 11.6. The van der Waals surface area contributed by atoms with Crippen molar-refractivity contribution in [2.24, 2.45) is 4.99 Å². The molecule has 5 heteroatoms. The van der Waals surface area contributed by atoms with Gasteiger partial charge < -0.3 is 10.0 Å². The first-order chi connectivity index (χ1) is 13.6. The molecule has 29 heavy (non-hydrogen) atoms. The standard InChI is InChI=1S/C24H27ClN2O2/c1-6-9-27-22-12-20(25)18(11-19(22)16(3)13-24(27,4)5)14-26-21-8-7-17(23(28)29)10-15(21)2/h7-8,10-14H,6,9H2,1-5H3,(H,28,29). The van der Waals surface area contributed by atoms with Crippen LogP contribution < -0.4 is 4.90 Å². The van der Waals surface area contributed by atoms with Gasteiger partial charge in [-0.25, -0.2) is 4.79 Å². The van der Waals surface area contributed by atoms with Crippen molar-refractivity contribution in [3.8, 4) is 0 Å². The van der Waals surface area contributed by atoms with Crippen LogP contribution in [0.3, 0.4) is 0 Å². The third-order valence-corrected chi connectivity index (χ3v) is 5.66. The molecule has 0 radical (unpaired) electrons. The fraction of sp³-hybridized carbons (Fsp3) is 0.333. The molecular weight excluding hydrogens is 384 g/mol. The van der Waals surface area contributed by atoms with Crippen LogP contribution >= 0.6 is 11.6 Å². The monoisotopic (exact) mass is 410 g/mol. The van der Waals surface area contributed by atoms with Gasteiger partial charge in [-0.1, -0.05) is 24.6 Å². The summed E-state index contributed by atoms with van der Waals surface area (Å²) in [6, 6.07) is 9.03. The molecule has 2 aromatic rings. The van der Waals surface area contributed by atoms with Gasteiger partial charge in [0.25, 0.3) is 0 Å². The quantitative estimate of drug-likeness (QED) is 0.571. The molecule has 0 spiro atoms. The average molecular weight is 411 g/mol. The molecule has 0 atom stereocenters. The molecule has 2 aromatic carbocycles. The highest BCUT2D eigenvalue weighted by Crippen LogP contribution is 2.41. The number of rotatable bonds is 5. The normalized spacial score (nSPS) is 15.4. The van der Waals surface area contributed by atoms with Gasteiger partial charge in [0.1, 0.15) is 0 Å². The molecule has 0 saturated carbocycles. The zero-order valence-electron chi connectivity index (χ0n) is 17.6. The number of aryl methyl sites for hydroxylation is 1. The van der Waals surface area contributed by atoms with E-state index in [1.807, 2.05) is 13.0 Å². The highest BCUT2D eigenvalue weighted by Gasteiger charge is 2.31. The highest BCUT2D eigenvalue weighted by atomic mass is 35.5. The Kier molecular flexibility index (Phi) is 5.85. The number of allylic oxidation sites excluding steroid dienone is 1. The largest absolute Gasteiger partial charge is 0.478 e. The molecule has 1 aliphatic heterocycles. The van der Waals surface area contributed by atoms with Crippen molar-refractivity contribution in [1.82, 2.24) is 0 Å². The van der Waals surface area contributed by atoms with E-state index in [0.29, 0.717) is 5.02 Å². The zero-order valence-corrected chi connectivity index (χ0v) is 18.3. The second kappa shape index (κ2) is 8.03. The SMILES string of the molecule is CCCN1c2cc(Cl)c(C=Nc3ccc(C(=O)O)cc3C)cc2C(C)=CC1(C)C. The Labute approximate surface area is 177 Å². The molecular formula is C24H27ClN2O2. The van der Waals surface area contributed by atoms with Crippen molar-refractivity contribution < 1.29 is 9.90 Å². The Hall–Kier alpha value is -2.59. The molecule has 0 fully saturated rings. The molecule has 1 aliphatic rings. The van der Waals surface area contributed by atoms with Gasteiger partial charge in [-0.3, -0.25) is 4.99 Å². The van der Waals surface area contributed by atoms with Gasteiger partial charge >= 0.3 is 5.97 Å². The predicted octanol–water partition coefficient (Wildman–Crippen LogP) is 6.51. The number of hydrogen-bond donors (Lipinski definition) is 1. The summed E-state index contributed by atoms with van der Waals surface area (Å²) in [5, 5.41) is 9.76. The average Bonchev–Trinajstić information content (AvgIpc) is 2.64. The topological polar surface area (TPSA) is 52.9 Å². The van der Waals surface area contributed by atoms with Gasteiger partial charge in [0.2, 0.25) is 0 Å². The van der Waals surface area contributed by atoms with E-state index in [2.05, 4.69) is 49.7 Å². The van der Waals surface area contributed by atoms with Crippen LogP contribution in [0.25, 0.3) is 5.57 Å². The van der Waals surface area contributed by atoms with Crippen molar-refractivity contribution in [2.75, 3.05) is 11.4 Å². The van der Waals surface area contributed by atoms with Gasteiger partial charge in [-0.05, 0) is 75.6 Å². The van der Waals surface area contributed by atoms with Crippen molar-refractivity contribution in [2.45, 2.75) is 46.6 Å². The number of aromatic carboxylic acids is 1. The van der Waals surface area contributed by atoms with Crippen LogP contribution in [-0.2, 0) is 0 Å². The molecule has 1 heterocycles. The van der Waals surface area contributed by atoms with Crippen molar-refractivity contribution in [3.05, 3.63) is 63.7 Å². The fourth-order valence-corrected chi connectivity index (χ4v) is 4.12. The van der Waals surface area contributed by atoms with E-state index in [0.717, 1.165) is 35.5 Å². The molecule has 0 saturated heterocycles. The number of hydrogen-bond acceptors (Lipinski definition) is 3. The van der Waals surface area contributed by atoms with Gasteiger partial charge in [0.05, 0.1) is 21.8 Å².